The molecule has 1 radical (unpaired) electrons. The lowest BCUT2D eigenvalue weighted by atomic mass is 10.2. The zero-order valence-electron chi connectivity index (χ0n) is 5.21. The molecule has 3 unspecified atom stereocenters. The Morgan fingerprint density at radius 3 is 1.82 bits per heavy atom. The zero-order chi connectivity index (χ0) is 9.02. The molecule has 0 bridgehead atoms. The van der Waals surface area contributed by atoms with E-state index in [9.17, 15) is 26.3 Å². The molecular formula is C5H5F6. The molecule has 0 nitrogen and oxygen atoms in total. The van der Waals surface area contributed by atoms with Crippen LogP contribution in [-0.4, -0.2) is 25.2 Å². The summed E-state index contributed by atoms with van der Waals surface area (Å²) in [6, 6.07) is 0. The maximum Gasteiger partial charge on any atom is 0.346 e. The number of hydrogen-bond donors (Lipinski definition) is 0. The fourth-order valence-corrected chi connectivity index (χ4v) is 0.389. The number of rotatable bonds is 4. The molecule has 0 aliphatic carbocycles. The van der Waals surface area contributed by atoms with E-state index >= 15 is 0 Å². The van der Waals surface area contributed by atoms with E-state index in [2.05, 4.69) is 0 Å². The highest BCUT2D eigenvalue weighted by Crippen LogP contribution is 2.23. The van der Waals surface area contributed by atoms with E-state index in [-0.39, 0.29) is 0 Å². The third kappa shape index (κ3) is 2.98. The molecule has 0 amide bonds. The van der Waals surface area contributed by atoms with Gasteiger partial charge in [-0.05, 0) is 0 Å². The Kier molecular flexibility index (Phi) is 4.29. The average Bonchev–Trinajstić information content (AvgIpc) is 2.00. The molecule has 0 saturated heterocycles. The van der Waals surface area contributed by atoms with Crippen LogP contribution in [0.2, 0.25) is 0 Å². The van der Waals surface area contributed by atoms with Crippen molar-refractivity contribution in [1.29, 1.82) is 0 Å². The molecule has 0 fully saturated rings. The van der Waals surface area contributed by atoms with Crippen molar-refractivity contribution in [2.24, 2.45) is 0 Å². The lowest BCUT2D eigenvalue weighted by Crippen LogP contribution is -2.31. The molecule has 6 heteroatoms. The SMILES string of the molecule is FCC(F)C(F)C(F)[C](F)F. The number of alkyl halides is 4. The van der Waals surface area contributed by atoms with Crippen LogP contribution in [0.15, 0.2) is 0 Å². The van der Waals surface area contributed by atoms with Crippen molar-refractivity contribution < 1.29 is 26.3 Å². The molecule has 0 spiro atoms. The molecule has 67 valence electrons. The summed E-state index contributed by atoms with van der Waals surface area (Å²) in [4.78, 5) is 0. The van der Waals surface area contributed by atoms with Gasteiger partial charge in [0.1, 0.15) is 6.67 Å². The van der Waals surface area contributed by atoms with Gasteiger partial charge in [0.2, 0.25) is 6.17 Å². The minimum absolute atomic E-state index is 1.81. The Hall–Kier alpha value is -0.420. The minimum Gasteiger partial charge on any atom is -0.248 e. The van der Waals surface area contributed by atoms with Crippen molar-refractivity contribution in [3.05, 3.63) is 6.43 Å². The quantitative estimate of drug-likeness (QED) is 0.581. The van der Waals surface area contributed by atoms with E-state index in [4.69, 9.17) is 0 Å². The van der Waals surface area contributed by atoms with Crippen LogP contribution in [0, 0.1) is 6.43 Å². The van der Waals surface area contributed by atoms with Crippen LogP contribution in [0.3, 0.4) is 0 Å². The van der Waals surface area contributed by atoms with Crippen LogP contribution in [0.4, 0.5) is 26.3 Å². The fourth-order valence-electron chi connectivity index (χ4n) is 0.389. The van der Waals surface area contributed by atoms with Gasteiger partial charge in [0.05, 0.1) is 0 Å². The van der Waals surface area contributed by atoms with E-state index in [1.165, 1.54) is 0 Å². The molecule has 0 rings (SSSR count). The van der Waals surface area contributed by atoms with Gasteiger partial charge in [-0.25, -0.2) is 17.6 Å². The van der Waals surface area contributed by atoms with Gasteiger partial charge in [-0.2, -0.15) is 8.78 Å². The molecule has 0 aromatic carbocycles. The first-order valence-corrected chi connectivity index (χ1v) is 2.66. The first-order valence-electron chi connectivity index (χ1n) is 2.66. The van der Waals surface area contributed by atoms with E-state index in [1.54, 1.807) is 0 Å². The van der Waals surface area contributed by atoms with Crippen molar-refractivity contribution >= 4 is 0 Å². The van der Waals surface area contributed by atoms with Crippen LogP contribution in [-0.2, 0) is 0 Å². The molecule has 3 atom stereocenters. The van der Waals surface area contributed by atoms with Crippen molar-refractivity contribution in [1.82, 2.24) is 0 Å². The van der Waals surface area contributed by atoms with Gasteiger partial charge in [0.15, 0.2) is 12.3 Å². The summed E-state index contributed by atoms with van der Waals surface area (Å²) >= 11 is 0. The molecule has 0 N–H and O–H groups in total. The highest BCUT2D eigenvalue weighted by atomic mass is 19.3. The summed E-state index contributed by atoms with van der Waals surface area (Å²) in [5.41, 5.74) is 0. The van der Waals surface area contributed by atoms with Gasteiger partial charge in [-0.15, -0.1) is 0 Å². The Bertz CT molecular complexity index is 105. The Morgan fingerprint density at radius 1 is 1.09 bits per heavy atom. The maximum absolute atomic E-state index is 12.0. The second-order valence-electron chi connectivity index (χ2n) is 1.81. The van der Waals surface area contributed by atoms with E-state index in [0.717, 1.165) is 0 Å². The Labute approximate surface area is 59.2 Å². The summed E-state index contributed by atoms with van der Waals surface area (Å²) < 4.78 is 69.1. The van der Waals surface area contributed by atoms with Crippen molar-refractivity contribution in [3.63, 3.8) is 0 Å². The smallest absolute Gasteiger partial charge is 0.248 e. The van der Waals surface area contributed by atoms with Gasteiger partial charge >= 0.3 is 6.43 Å². The zero-order valence-corrected chi connectivity index (χ0v) is 5.21. The molecule has 0 aliphatic heterocycles. The highest BCUT2D eigenvalue weighted by molar-refractivity contribution is 4.85. The maximum atomic E-state index is 12.0. The van der Waals surface area contributed by atoms with Crippen LogP contribution in [0.1, 0.15) is 0 Å². The second-order valence-corrected chi connectivity index (χ2v) is 1.81. The Balaban J connectivity index is 3.90. The predicted molar refractivity (Wildman–Crippen MR) is 26.1 cm³/mol. The lowest BCUT2D eigenvalue weighted by molar-refractivity contribution is 0.0290. The summed E-state index contributed by atoms with van der Waals surface area (Å²) in [5, 5.41) is 0. The predicted octanol–water partition coefficient (Wildman–Crippen LogP) is 2.40. The van der Waals surface area contributed by atoms with Crippen LogP contribution in [0.25, 0.3) is 0 Å². The van der Waals surface area contributed by atoms with Crippen molar-refractivity contribution in [2.75, 3.05) is 6.67 Å². The third-order valence-corrected chi connectivity index (χ3v) is 0.981. The van der Waals surface area contributed by atoms with E-state index in [1.807, 2.05) is 0 Å². The molecule has 0 aromatic heterocycles. The number of hydrogen-bond acceptors (Lipinski definition) is 0. The average molecular weight is 179 g/mol. The monoisotopic (exact) mass is 179 g/mol. The highest BCUT2D eigenvalue weighted by Gasteiger charge is 2.37. The fraction of sp³-hybridized carbons (Fsp3) is 0.800. The molecule has 0 heterocycles. The van der Waals surface area contributed by atoms with Gasteiger partial charge in [0, 0.05) is 0 Å². The van der Waals surface area contributed by atoms with Gasteiger partial charge < -0.3 is 0 Å². The van der Waals surface area contributed by atoms with Gasteiger partial charge in [-0.1, -0.05) is 0 Å². The van der Waals surface area contributed by atoms with Gasteiger partial charge in [-0.3, -0.25) is 0 Å². The lowest BCUT2D eigenvalue weighted by Gasteiger charge is -2.12. The standard InChI is InChI=1S/C5H5F6/c6-1-2(7)3(8)4(9)5(10)11/h2-4H,1H2. The van der Waals surface area contributed by atoms with Crippen LogP contribution in [0.5, 0.6) is 0 Å². The van der Waals surface area contributed by atoms with Crippen molar-refractivity contribution in [3.8, 4) is 0 Å². The minimum atomic E-state index is -3.33. The molecular weight excluding hydrogens is 174 g/mol. The third-order valence-electron chi connectivity index (χ3n) is 0.981. The molecule has 0 saturated carbocycles. The normalized spacial score (nSPS) is 19.9. The largest absolute Gasteiger partial charge is 0.346 e. The summed E-state index contributed by atoms with van der Waals surface area (Å²) in [6.07, 6.45) is -12.2. The van der Waals surface area contributed by atoms with E-state index < -0.39 is 31.6 Å². The first-order chi connectivity index (χ1) is 5.00. The first kappa shape index (κ1) is 10.6. The summed E-state index contributed by atoms with van der Waals surface area (Å²) in [6.45, 7) is -1.81. The summed E-state index contributed by atoms with van der Waals surface area (Å²) in [5.74, 6) is 0. The second kappa shape index (κ2) is 4.46. The van der Waals surface area contributed by atoms with Crippen LogP contribution < -0.4 is 0 Å². The van der Waals surface area contributed by atoms with Crippen LogP contribution >= 0.6 is 0 Å². The summed E-state index contributed by atoms with van der Waals surface area (Å²) in [7, 11) is 0. The molecule has 0 aromatic rings. The topological polar surface area (TPSA) is 0 Å². The molecule has 0 aliphatic rings. The van der Waals surface area contributed by atoms with Gasteiger partial charge in [0.25, 0.3) is 0 Å². The van der Waals surface area contributed by atoms with Crippen molar-refractivity contribution in [2.45, 2.75) is 18.5 Å². The Morgan fingerprint density at radius 2 is 1.55 bits per heavy atom. The molecule has 11 heavy (non-hydrogen) atoms. The number of halogens is 6. The van der Waals surface area contributed by atoms with E-state index in [0.29, 0.717) is 0 Å².